The first kappa shape index (κ1) is 13.8. The second-order valence-electron chi connectivity index (χ2n) is 5.76. The quantitative estimate of drug-likeness (QED) is 0.899. The summed E-state index contributed by atoms with van der Waals surface area (Å²) < 4.78 is 0. The van der Waals surface area contributed by atoms with Crippen molar-refractivity contribution in [2.75, 3.05) is 18.0 Å². The van der Waals surface area contributed by atoms with Crippen LogP contribution in [-0.2, 0) is 12.8 Å². The van der Waals surface area contributed by atoms with Crippen LogP contribution in [0.3, 0.4) is 0 Å². The molecule has 0 bridgehead atoms. The van der Waals surface area contributed by atoms with Gasteiger partial charge in [-0.2, -0.15) is 5.26 Å². The summed E-state index contributed by atoms with van der Waals surface area (Å²) in [6.07, 6.45) is 3.14. The molecule has 0 atom stereocenters. The predicted molar refractivity (Wildman–Crippen MR) is 75.2 cm³/mol. The SMILES string of the molecule is CCN(CC(C)(C)O)c1nc2c(cc1C#N)CCC2. The molecule has 4 nitrogen and oxygen atoms in total. The first-order valence-electron chi connectivity index (χ1n) is 6.85. The number of hydrogen-bond acceptors (Lipinski definition) is 4. The zero-order chi connectivity index (χ0) is 14.0. The Bertz CT molecular complexity index is 511. The summed E-state index contributed by atoms with van der Waals surface area (Å²) >= 11 is 0. The van der Waals surface area contributed by atoms with E-state index >= 15 is 0 Å². The molecule has 1 aliphatic rings. The van der Waals surface area contributed by atoms with E-state index in [-0.39, 0.29) is 0 Å². The number of hydrogen-bond donors (Lipinski definition) is 1. The van der Waals surface area contributed by atoms with Crippen LogP contribution in [0.4, 0.5) is 5.82 Å². The van der Waals surface area contributed by atoms with Crippen molar-refractivity contribution in [2.24, 2.45) is 0 Å². The molecule has 102 valence electrons. The van der Waals surface area contributed by atoms with Gasteiger partial charge in [-0.3, -0.25) is 0 Å². The van der Waals surface area contributed by atoms with E-state index in [1.165, 1.54) is 5.56 Å². The predicted octanol–water partition coefficient (Wildman–Crippen LogP) is 2.04. The number of aromatic nitrogens is 1. The van der Waals surface area contributed by atoms with Gasteiger partial charge >= 0.3 is 0 Å². The van der Waals surface area contributed by atoms with E-state index in [1.807, 2.05) is 17.9 Å². The third-order valence-electron chi connectivity index (χ3n) is 3.41. The third-order valence-corrected chi connectivity index (χ3v) is 3.41. The fraction of sp³-hybridized carbons (Fsp3) is 0.600. The Labute approximate surface area is 114 Å². The highest BCUT2D eigenvalue weighted by molar-refractivity contribution is 5.57. The summed E-state index contributed by atoms with van der Waals surface area (Å²) in [5.41, 5.74) is 2.14. The summed E-state index contributed by atoms with van der Waals surface area (Å²) in [7, 11) is 0. The maximum Gasteiger partial charge on any atom is 0.146 e. The van der Waals surface area contributed by atoms with Crippen molar-refractivity contribution in [1.82, 2.24) is 4.98 Å². The van der Waals surface area contributed by atoms with Crippen LogP contribution in [0.2, 0.25) is 0 Å². The molecule has 1 heterocycles. The monoisotopic (exact) mass is 259 g/mol. The zero-order valence-corrected chi connectivity index (χ0v) is 11.9. The van der Waals surface area contributed by atoms with E-state index in [1.54, 1.807) is 13.8 Å². The van der Waals surface area contributed by atoms with Gasteiger partial charge in [-0.05, 0) is 51.7 Å². The van der Waals surface area contributed by atoms with Crippen molar-refractivity contribution in [3.05, 3.63) is 22.9 Å². The smallest absolute Gasteiger partial charge is 0.146 e. The number of nitrogens with zero attached hydrogens (tertiary/aromatic N) is 3. The van der Waals surface area contributed by atoms with Gasteiger partial charge in [-0.25, -0.2) is 4.98 Å². The van der Waals surface area contributed by atoms with Crippen molar-refractivity contribution < 1.29 is 5.11 Å². The molecule has 19 heavy (non-hydrogen) atoms. The number of aryl methyl sites for hydroxylation is 2. The lowest BCUT2D eigenvalue weighted by Crippen LogP contribution is -2.39. The first-order chi connectivity index (χ1) is 8.94. The number of nitriles is 1. The molecule has 0 unspecified atom stereocenters. The van der Waals surface area contributed by atoms with Crippen LogP contribution in [-0.4, -0.2) is 28.8 Å². The van der Waals surface area contributed by atoms with E-state index in [2.05, 4.69) is 11.1 Å². The maximum atomic E-state index is 9.99. The number of rotatable bonds is 4. The van der Waals surface area contributed by atoms with Crippen molar-refractivity contribution in [3.63, 3.8) is 0 Å². The van der Waals surface area contributed by atoms with Gasteiger partial charge in [0.1, 0.15) is 11.9 Å². The van der Waals surface area contributed by atoms with Crippen molar-refractivity contribution in [3.8, 4) is 6.07 Å². The molecule has 0 saturated heterocycles. The highest BCUT2D eigenvalue weighted by atomic mass is 16.3. The number of fused-ring (bicyclic) bond motifs is 1. The summed E-state index contributed by atoms with van der Waals surface area (Å²) in [6, 6.07) is 4.21. The second-order valence-corrected chi connectivity index (χ2v) is 5.76. The maximum absolute atomic E-state index is 9.99. The van der Waals surface area contributed by atoms with Gasteiger partial charge in [-0.1, -0.05) is 0 Å². The topological polar surface area (TPSA) is 60.1 Å². The minimum Gasteiger partial charge on any atom is -0.389 e. The van der Waals surface area contributed by atoms with Crippen LogP contribution in [0, 0.1) is 11.3 Å². The number of pyridine rings is 1. The molecule has 4 heteroatoms. The Morgan fingerprint density at radius 2 is 2.21 bits per heavy atom. The van der Waals surface area contributed by atoms with Gasteiger partial charge in [0.15, 0.2) is 0 Å². The molecule has 0 radical (unpaired) electrons. The molecule has 0 fully saturated rings. The summed E-state index contributed by atoms with van der Waals surface area (Å²) in [6.45, 7) is 6.76. The van der Waals surface area contributed by atoms with E-state index in [9.17, 15) is 10.4 Å². The fourth-order valence-corrected chi connectivity index (χ4v) is 2.59. The average molecular weight is 259 g/mol. The molecule has 0 amide bonds. The van der Waals surface area contributed by atoms with E-state index in [4.69, 9.17) is 0 Å². The van der Waals surface area contributed by atoms with Crippen LogP contribution in [0.25, 0.3) is 0 Å². The summed E-state index contributed by atoms with van der Waals surface area (Å²) in [5.74, 6) is 0.716. The average Bonchev–Trinajstić information content (AvgIpc) is 2.80. The molecule has 1 aliphatic carbocycles. The normalized spacial score (nSPS) is 14.1. The lowest BCUT2D eigenvalue weighted by molar-refractivity contribution is 0.0874. The van der Waals surface area contributed by atoms with E-state index < -0.39 is 5.60 Å². The lowest BCUT2D eigenvalue weighted by atomic mass is 10.1. The number of aliphatic hydroxyl groups is 1. The van der Waals surface area contributed by atoms with Crippen LogP contribution in [0.15, 0.2) is 6.07 Å². The minimum absolute atomic E-state index is 0.476. The van der Waals surface area contributed by atoms with Crippen LogP contribution in [0.5, 0.6) is 0 Å². The lowest BCUT2D eigenvalue weighted by Gasteiger charge is -2.29. The molecule has 0 aliphatic heterocycles. The Morgan fingerprint density at radius 1 is 1.47 bits per heavy atom. The van der Waals surface area contributed by atoms with Gasteiger partial charge in [0, 0.05) is 18.8 Å². The van der Waals surface area contributed by atoms with Gasteiger partial charge in [0.05, 0.1) is 11.2 Å². The van der Waals surface area contributed by atoms with Crippen molar-refractivity contribution in [2.45, 2.75) is 45.6 Å². The molecular formula is C15H21N3O. The Kier molecular flexibility index (Phi) is 3.77. The molecule has 0 aromatic carbocycles. The molecule has 2 rings (SSSR count). The molecule has 1 aromatic rings. The zero-order valence-electron chi connectivity index (χ0n) is 11.9. The molecule has 1 aromatic heterocycles. The first-order valence-corrected chi connectivity index (χ1v) is 6.85. The molecule has 1 N–H and O–H groups in total. The largest absolute Gasteiger partial charge is 0.389 e. The molecule has 0 spiro atoms. The second kappa shape index (κ2) is 5.18. The summed E-state index contributed by atoms with van der Waals surface area (Å²) in [4.78, 5) is 6.66. The van der Waals surface area contributed by atoms with Crippen molar-refractivity contribution in [1.29, 1.82) is 5.26 Å². The van der Waals surface area contributed by atoms with Gasteiger partial charge in [-0.15, -0.1) is 0 Å². The Morgan fingerprint density at radius 3 is 2.79 bits per heavy atom. The number of likely N-dealkylation sites (N-methyl/N-ethyl adjacent to an activating group) is 1. The summed E-state index contributed by atoms with van der Waals surface area (Å²) in [5, 5.41) is 19.3. The number of anilines is 1. The highest BCUT2D eigenvalue weighted by Crippen LogP contribution is 2.27. The van der Waals surface area contributed by atoms with Crippen LogP contribution >= 0.6 is 0 Å². The minimum atomic E-state index is -0.802. The highest BCUT2D eigenvalue weighted by Gasteiger charge is 2.23. The van der Waals surface area contributed by atoms with Gasteiger partial charge < -0.3 is 10.0 Å². The Hall–Kier alpha value is -1.60. The van der Waals surface area contributed by atoms with Crippen LogP contribution < -0.4 is 4.90 Å². The standard InChI is InChI=1S/C15H21N3O/c1-4-18(10-15(2,3)19)14-12(9-16)8-11-6-5-7-13(11)17-14/h8,19H,4-7,10H2,1-3H3. The third kappa shape index (κ3) is 3.05. The fourth-order valence-electron chi connectivity index (χ4n) is 2.59. The van der Waals surface area contributed by atoms with Crippen molar-refractivity contribution >= 4 is 5.82 Å². The van der Waals surface area contributed by atoms with E-state index in [0.29, 0.717) is 17.9 Å². The van der Waals surface area contributed by atoms with E-state index in [0.717, 1.165) is 31.5 Å². The molecular weight excluding hydrogens is 238 g/mol. The molecule has 0 saturated carbocycles. The Balaban J connectivity index is 2.40. The van der Waals surface area contributed by atoms with Crippen LogP contribution in [0.1, 0.15) is 44.0 Å². The van der Waals surface area contributed by atoms with Gasteiger partial charge in [0.25, 0.3) is 0 Å². The van der Waals surface area contributed by atoms with Gasteiger partial charge in [0.2, 0.25) is 0 Å².